The van der Waals surface area contributed by atoms with E-state index in [1.807, 2.05) is 18.2 Å². The molecule has 156 valence electrons. The van der Waals surface area contributed by atoms with Gasteiger partial charge in [-0.2, -0.15) is 0 Å². The molecule has 0 aliphatic heterocycles. The van der Waals surface area contributed by atoms with E-state index >= 15 is 0 Å². The number of sulfonamides is 1. The Balaban J connectivity index is 1.63. The Labute approximate surface area is 174 Å². The van der Waals surface area contributed by atoms with Crippen LogP contribution in [0.3, 0.4) is 0 Å². The third-order valence-electron chi connectivity index (χ3n) is 3.95. The summed E-state index contributed by atoms with van der Waals surface area (Å²) in [5.74, 6) is 0.810. The molecule has 1 aromatic heterocycles. The van der Waals surface area contributed by atoms with Crippen molar-refractivity contribution in [3.63, 3.8) is 0 Å². The van der Waals surface area contributed by atoms with E-state index in [0.29, 0.717) is 24.7 Å². The molecule has 8 nitrogen and oxygen atoms in total. The van der Waals surface area contributed by atoms with Crippen LogP contribution in [0.5, 0.6) is 11.5 Å². The van der Waals surface area contributed by atoms with Gasteiger partial charge in [0.25, 0.3) is 15.9 Å². The fraction of sp³-hybridized carbons (Fsp3) is 0.143. The topological polar surface area (TPSA) is 107 Å². The fourth-order valence-electron chi connectivity index (χ4n) is 2.47. The number of benzene rings is 2. The summed E-state index contributed by atoms with van der Waals surface area (Å²) in [5, 5.41) is 2.64. The summed E-state index contributed by atoms with van der Waals surface area (Å²) in [4.78, 5) is 16.0. The Morgan fingerprint density at radius 1 is 0.967 bits per heavy atom. The number of hydrogen-bond donors (Lipinski definition) is 2. The van der Waals surface area contributed by atoms with Gasteiger partial charge in [0.1, 0.15) is 17.2 Å². The van der Waals surface area contributed by atoms with Crippen LogP contribution in [0.2, 0.25) is 0 Å². The van der Waals surface area contributed by atoms with Gasteiger partial charge < -0.3 is 14.8 Å². The van der Waals surface area contributed by atoms with Crippen LogP contribution in [-0.2, 0) is 14.8 Å². The second-order valence-corrected chi connectivity index (χ2v) is 7.86. The Kier molecular flexibility index (Phi) is 6.99. The molecule has 0 saturated carbocycles. The monoisotopic (exact) mass is 427 g/mol. The molecule has 2 N–H and O–H groups in total. The highest BCUT2D eigenvalue weighted by atomic mass is 32.2. The maximum absolute atomic E-state index is 12.6. The van der Waals surface area contributed by atoms with Crippen molar-refractivity contribution in [2.75, 3.05) is 25.0 Å². The van der Waals surface area contributed by atoms with Crippen molar-refractivity contribution in [1.82, 2.24) is 10.3 Å². The number of ether oxygens (including phenoxy) is 2. The van der Waals surface area contributed by atoms with E-state index in [1.54, 1.807) is 24.3 Å². The van der Waals surface area contributed by atoms with Crippen molar-refractivity contribution in [1.29, 1.82) is 0 Å². The van der Waals surface area contributed by atoms with E-state index in [0.717, 1.165) is 0 Å². The first-order valence-corrected chi connectivity index (χ1v) is 10.6. The summed E-state index contributed by atoms with van der Waals surface area (Å²) in [5.41, 5.74) is 0.421. The van der Waals surface area contributed by atoms with E-state index in [2.05, 4.69) is 15.0 Å². The lowest BCUT2D eigenvalue weighted by molar-refractivity contribution is 0.0932. The van der Waals surface area contributed by atoms with Gasteiger partial charge in [-0.1, -0.05) is 18.2 Å². The summed E-state index contributed by atoms with van der Waals surface area (Å²) < 4.78 is 38.1. The Hall–Kier alpha value is -3.43. The highest BCUT2D eigenvalue weighted by molar-refractivity contribution is 7.92. The van der Waals surface area contributed by atoms with Gasteiger partial charge in [0.05, 0.1) is 23.4 Å². The van der Waals surface area contributed by atoms with Gasteiger partial charge in [-0.15, -0.1) is 0 Å². The fourth-order valence-corrected chi connectivity index (χ4v) is 3.51. The van der Waals surface area contributed by atoms with Crippen LogP contribution in [0.4, 0.5) is 5.69 Å². The van der Waals surface area contributed by atoms with Gasteiger partial charge >= 0.3 is 0 Å². The minimum atomic E-state index is -3.82. The van der Waals surface area contributed by atoms with Gasteiger partial charge in [-0.05, 0) is 48.5 Å². The molecule has 0 aliphatic carbocycles. The number of nitrogens with one attached hydrogen (secondary N) is 2. The van der Waals surface area contributed by atoms with Crippen LogP contribution in [0, 0.1) is 0 Å². The number of aromatic nitrogens is 1. The number of amides is 1. The zero-order chi connectivity index (χ0) is 21.4. The molecule has 0 saturated heterocycles. The van der Waals surface area contributed by atoms with Gasteiger partial charge in [0.2, 0.25) is 0 Å². The van der Waals surface area contributed by atoms with Crippen molar-refractivity contribution in [3.05, 3.63) is 78.6 Å². The predicted octanol–water partition coefficient (Wildman–Crippen LogP) is 3.05. The Morgan fingerprint density at radius 2 is 1.67 bits per heavy atom. The number of carbonyl (C=O) groups is 1. The second-order valence-electron chi connectivity index (χ2n) is 6.17. The van der Waals surface area contributed by atoms with Gasteiger partial charge in [0.15, 0.2) is 0 Å². The molecule has 1 heterocycles. The van der Waals surface area contributed by atoms with Crippen LogP contribution in [0.1, 0.15) is 10.5 Å². The predicted molar refractivity (Wildman–Crippen MR) is 112 cm³/mol. The van der Waals surface area contributed by atoms with E-state index in [4.69, 9.17) is 9.47 Å². The first-order valence-electron chi connectivity index (χ1n) is 9.07. The first-order chi connectivity index (χ1) is 14.5. The number of para-hydroxylation sites is 1. The quantitative estimate of drug-likeness (QED) is 0.509. The van der Waals surface area contributed by atoms with Crippen molar-refractivity contribution < 1.29 is 22.7 Å². The van der Waals surface area contributed by atoms with Crippen LogP contribution in [-0.4, -0.2) is 39.6 Å². The van der Waals surface area contributed by atoms with E-state index in [9.17, 15) is 13.2 Å². The number of pyridine rings is 1. The number of nitrogens with zero attached hydrogens (tertiary/aromatic N) is 1. The molecular weight excluding hydrogens is 406 g/mol. The smallest absolute Gasteiger partial charge is 0.269 e. The second kappa shape index (κ2) is 9.86. The summed E-state index contributed by atoms with van der Waals surface area (Å²) in [6.07, 6.45) is 1.29. The molecule has 0 bridgehead atoms. The van der Waals surface area contributed by atoms with E-state index in [1.165, 1.54) is 37.6 Å². The standard InChI is InChI=1S/C21H21N3O5S/c1-28-14-13-22-21(25)20-12-7-16(15-23-20)24-30(26,27)19-10-8-18(9-11-19)29-17-5-3-2-4-6-17/h2-12,15,24H,13-14H2,1H3,(H,22,25). The number of anilines is 1. The van der Waals surface area contributed by atoms with Crippen molar-refractivity contribution in [2.45, 2.75) is 4.90 Å². The molecule has 0 radical (unpaired) electrons. The van der Waals surface area contributed by atoms with Crippen molar-refractivity contribution in [3.8, 4) is 11.5 Å². The normalized spacial score (nSPS) is 11.0. The van der Waals surface area contributed by atoms with Crippen LogP contribution < -0.4 is 14.8 Å². The molecular formula is C21H21N3O5S. The van der Waals surface area contributed by atoms with Crippen LogP contribution in [0.15, 0.2) is 77.8 Å². The van der Waals surface area contributed by atoms with Crippen molar-refractivity contribution in [2.24, 2.45) is 0 Å². The molecule has 0 fully saturated rings. The molecule has 3 aromatic rings. The zero-order valence-electron chi connectivity index (χ0n) is 16.2. The summed E-state index contributed by atoms with van der Waals surface area (Å²) >= 11 is 0. The van der Waals surface area contributed by atoms with E-state index < -0.39 is 10.0 Å². The van der Waals surface area contributed by atoms with Crippen LogP contribution in [0.25, 0.3) is 0 Å². The number of carbonyl (C=O) groups excluding carboxylic acids is 1. The lowest BCUT2D eigenvalue weighted by Gasteiger charge is -2.10. The molecule has 0 atom stereocenters. The Morgan fingerprint density at radius 3 is 2.30 bits per heavy atom. The van der Waals surface area contributed by atoms with Gasteiger partial charge in [-0.3, -0.25) is 9.52 Å². The zero-order valence-corrected chi connectivity index (χ0v) is 17.1. The SMILES string of the molecule is COCCNC(=O)c1ccc(NS(=O)(=O)c2ccc(Oc3ccccc3)cc2)cn1. The molecule has 0 aliphatic rings. The maximum atomic E-state index is 12.6. The van der Waals surface area contributed by atoms with Gasteiger partial charge in [-0.25, -0.2) is 13.4 Å². The minimum Gasteiger partial charge on any atom is -0.457 e. The highest BCUT2D eigenvalue weighted by Gasteiger charge is 2.15. The highest BCUT2D eigenvalue weighted by Crippen LogP contribution is 2.23. The van der Waals surface area contributed by atoms with Crippen LogP contribution >= 0.6 is 0 Å². The third-order valence-corrected chi connectivity index (χ3v) is 5.35. The third kappa shape index (κ3) is 5.79. The average molecular weight is 427 g/mol. The molecule has 1 amide bonds. The number of methoxy groups -OCH3 is 1. The number of hydrogen-bond acceptors (Lipinski definition) is 6. The van der Waals surface area contributed by atoms with E-state index in [-0.39, 0.29) is 22.2 Å². The summed E-state index contributed by atoms with van der Waals surface area (Å²) in [7, 11) is -2.28. The number of rotatable bonds is 9. The van der Waals surface area contributed by atoms with Crippen molar-refractivity contribution >= 4 is 21.6 Å². The van der Waals surface area contributed by atoms with Gasteiger partial charge in [0, 0.05) is 13.7 Å². The maximum Gasteiger partial charge on any atom is 0.269 e. The average Bonchev–Trinajstić information content (AvgIpc) is 2.75. The lowest BCUT2D eigenvalue weighted by atomic mass is 10.3. The molecule has 3 rings (SSSR count). The molecule has 0 spiro atoms. The molecule has 30 heavy (non-hydrogen) atoms. The first kappa shape index (κ1) is 21.3. The Bertz CT molecular complexity index is 1070. The largest absolute Gasteiger partial charge is 0.457 e. The summed E-state index contributed by atoms with van der Waals surface area (Å²) in [6, 6.07) is 18.2. The summed E-state index contributed by atoms with van der Waals surface area (Å²) in [6.45, 7) is 0.744. The molecule has 9 heteroatoms. The lowest BCUT2D eigenvalue weighted by Crippen LogP contribution is -2.27. The minimum absolute atomic E-state index is 0.0734. The molecule has 0 unspecified atom stereocenters. The molecule has 2 aromatic carbocycles.